The highest BCUT2D eigenvalue weighted by Gasteiger charge is 2.32. The summed E-state index contributed by atoms with van der Waals surface area (Å²) in [4.78, 5) is 24.3. The Kier molecular flexibility index (Phi) is 2.88. The van der Waals surface area contributed by atoms with Crippen molar-refractivity contribution in [2.45, 2.75) is 31.5 Å². The molecule has 2 heterocycles. The fourth-order valence-corrected chi connectivity index (χ4v) is 1.71. The maximum Gasteiger partial charge on any atom is 0.330 e. The average Bonchev–Trinajstić information content (AvgIpc) is 2.66. The third kappa shape index (κ3) is 2.05. The van der Waals surface area contributed by atoms with Gasteiger partial charge in [0.15, 0.2) is 0 Å². The molecule has 6 nitrogen and oxygen atoms in total. The minimum absolute atomic E-state index is 0.327. The molecule has 1 aromatic rings. The van der Waals surface area contributed by atoms with Crippen LogP contribution in [0, 0.1) is 0 Å². The van der Waals surface area contributed by atoms with Gasteiger partial charge in [0.2, 0.25) is 6.36 Å². The Balaban J connectivity index is 2.21. The zero-order chi connectivity index (χ0) is 11.7. The van der Waals surface area contributed by atoms with E-state index in [0.717, 1.165) is 0 Å². The van der Waals surface area contributed by atoms with Crippen LogP contribution in [0.3, 0.4) is 0 Å². The van der Waals surface area contributed by atoms with Crippen molar-refractivity contribution >= 4 is 0 Å². The number of ether oxygens (including phenoxy) is 1. The lowest BCUT2D eigenvalue weighted by Crippen LogP contribution is -2.32. The Morgan fingerprint density at radius 2 is 2.31 bits per heavy atom. The van der Waals surface area contributed by atoms with Crippen LogP contribution in [-0.4, -0.2) is 27.1 Å². The molecule has 88 valence electrons. The third-order valence-corrected chi connectivity index (χ3v) is 2.50. The first-order valence-corrected chi connectivity index (χ1v) is 4.87. The van der Waals surface area contributed by atoms with Crippen molar-refractivity contribution in [1.82, 2.24) is 9.55 Å². The first-order valence-electron chi connectivity index (χ1n) is 4.87. The lowest BCUT2D eigenvalue weighted by atomic mass is 10.2. The molecule has 0 spiro atoms. The van der Waals surface area contributed by atoms with Crippen molar-refractivity contribution in [1.29, 1.82) is 0 Å². The summed E-state index contributed by atoms with van der Waals surface area (Å²) >= 11 is 0. The van der Waals surface area contributed by atoms with Crippen molar-refractivity contribution in [2.24, 2.45) is 0 Å². The molecule has 0 bridgehead atoms. The zero-order valence-corrected chi connectivity index (χ0v) is 8.30. The van der Waals surface area contributed by atoms with Gasteiger partial charge in [-0.05, 0) is 12.8 Å². The number of aromatic amines is 1. The second kappa shape index (κ2) is 4.18. The normalized spacial score (nSPS) is 26.9. The molecule has 0 radical (unpaired) electrons. The van der Waals surface area contributed by atoms with E-state index in [1.807, 2.05) is 0 Å². The van der Waals surface area contributed by atoms with Gasteiger partial charge in [0.25, 0.3) is 5.56 Å². The van der Waals surface area contributed by atoms with Gasteiger partial charge in [0.05, 0.1) is 0 Å². The van der Waals surface area contributed by atoms with E-state index in [1.54, 1.807) is 0 Å². The SMILES string of the molecule is O=c1ccn([C@H]2CC[C@@H](C(O)F)O2)c(=O)[nH]1. The van der Waals surface area contributed by atoms with Crippen molar-refractivity contribution in [3.05, 3.63) is 33.1 Å². The standard InChI is InChI=1S/C9H11FN2O4/c10-8(14)5-1-2-7(16-5)12-4-3-6(13)11-9(12)15/h3-5,7-8,14H,1-2H2,(H,11,13,15)/t5-,7+,8?/m0/s1. The number of hydrogen-bond donors (Lipinski definition) is 2. The number of nitrogens with zero attached hydrogens (tertiary/aromatic N) is 1. The van der Waals surface area contributed by atoms with E-state index < -0.39 is 29.9 Å². The molecule has 2 rings (SSSR count). The van der Waals surface area contributed by atoms with Gasteiger partial charge in [0, 0.05) is 12.3 Å². The van der Waals surface area contributed by atoms with Crippen LogP contribution >= 0.6 is 0 Å². The number of nitrogens with one attached hydrogen (secondary N) is 1. The monoisotopic (exact) mass is 230 g/mol. The molecular weight excluding hydrogens is 219 g/mol. The summed E-state index contributed by atoms with van der Waals surface area (Å²) in [5.74, 6) is 0. The Hall–Kier alpha value is -1.47. The molecule has 2 N–H and O–H groups in total. The maximum atomic E-state index is 12.5. The van der Waals surface area contributed by atoms with Crippen LogP contribution in [0.2, 0.25) is 0 Å². The zero-order valence-electron chi connectivity index (χ0n) is 8.30. The van der Waals surface area contributed by atoms with Gasteiger partial charge in [-0.3, -0.25) is 14.3 Å². The first-order chi connectivity index (χ1) is 7.58. The smallest absolute Gasteiger partial charge is 0.330 e. The molecule has 16 heavy (non-hydrogen) atoms. The molecular formula is C9H11FN2O4. The van der Waals surface area contributed by atoms with Gasteiger partial charge >= 0.3 is 5.69 Å². The number of halogens is 1. The molecule has 1 aliphatic rings. The minimum atomic E-state index is -2.05. The molecule has 1 fully saturated rings. The number of hydrogen-bond acceptors (Lipinski definition) is 4. The minimum Gasteiger partial charge on any atom is -0.362 e. The van der Waals surface area contributed by atoms with Crippen LogP contribution in [0.15, 0.2) is 21.9 Å². The van der Waals surface area contributed by atoms with E-state index in [2.05, 4.69) is 4.98 Å². The molecule has 0 amide bonds. The molecule has 1 unspecified atom stereocenters. The molecule has 1 aliphatic heterocycles. The van der Waals surface area contributed by atoms with Crippen molar-refractivity contribution in [3.63, 3.8) is 0 Å². The first kappa shape index (κ1) is 11.0. The fourth-order valence-electron chi connectivity index (χ4n) is 1.71. The number of H-pyrrole nitrogens is 1. The molecule has 1 aromatic heterocycles. The molecule has 7 heteroatoms. The second-order valence-corrected chi connectivity index (χ2v) is 3.60. The summed E-state index contributed by atoms with van der Waals surface area (Å²) in [7, 11) is 0. The largest absolute Gasteiger partial charge is 0.362 e. The number of alkyl halides is 1. The second-order valence-electron chi connectivity index (χ2n) is 3.60. The predicted octanol–water partition coefficient (Wildman–Crippen LogP) is -0.498. The lowest BCUT2D eigenvalue weighted by molar-refractivity contribution is -0.110. The van der Waals surface area contributed by atoms with Crippen molar-refractivity contribution in [3.8, 4) is 0 Å². The summed E-state index contributed by atoms with van der Waals surface area (Å²) in [6, 6.07) is 1.18. The summed E-state index contributed by atoms with van der Waals surface area (Å²) in [5.41, 5.74) is -1.10. The van der Waals surface area contributed by atoms with Crippen molar-refractivity contribution < 1.29 is 14.2 Å². The molecule has 1 saturated heterocycles. The van der Waals surface area contributed by atoms with E-state index in [4.69, 9.17) is 9.84 Å². The molecule has 0 aromatic carbocycles. The summed E-state index contributed by atoms with van der Waals surface area (Å²) in [5, 5.41) is 8.69. The highest BCUT2D eigenvalue weighted by molar-refractivity contribution is 4.86. The van der Waals surface area contributed by atoms with Gasteiger partial charge < -0.3 is 9.84 Å². The van der Waals surface area contributed by atoms with E-state index in [1.165, 1.54) is 16.8 Å². The molecule has 0 saturated carbocycles. The van der Waals surface area contributed by atoms with Gasteiger partial charge in [-0.25, -0.2) is 9.18 Å². The van der Waals surface area contributed by atoms with E-state index >= 15 is 0 Å². The highest BCUT2D eigenvalue weighted by atomic mass is 19.1. The quantitative estimate of drug-likeness (QED) is 0.717. The van der Waals surface area contributed by atoms with E-state index in [9.17, 15) is 14.0 Å². The van der Waals surface area contributed by atoms with Gasteiger partial charge in [0.1, 0.15) is 12.3 Å². The summed E-state index contributed by atoms with van der Waals surface area (Å²) < 4.78 is 18.9. The highest BCUT2D eigenvalue weighted by Crippen LogP contribution is 2.28. The van der Waals surface area contributed by atoms with Crippen molar-refractivity contribution in [2.75, 3.05) is 0 Å². The number of aliphatic hydroxyl groups is 1. The molecule has 0 aliphatic carbocycles. The van der Waals surface area contributed by atoms with Crippen LogP contribution in [0.4, 0.5) is 4.39 Å². The molecule has 3 atom stereocenters. The third-order valence-electron chi connectivity index (χ3n) is 2.50. The topological polar surface area (TPSA) is 84.3 Å². The predicted molar refractivity (Wildman–Crippen MR) is 51.6 cm³/mol. The van der Waals surface area contributed by atoms with Crippen LogP contribution in [-0.2, 0) is 4.74 Å². The lowest BCUT2D eigenvalue weighted by Gasteiger charge is -2.15. The number of rotatable bonds is 2. The maximum absolute atomic E-state index is 12.5. The van der Waals surface area contributed by atoms with E-state index in [-0.39, 0.29) is 0 Å². The summed E-state index contributed by atoms with van der Waals surface area (Å²) in [6.45, 7) is 0. The van der Waals surface area contributed by atoms with E-state index in [0.29, 0.717) is 12.8 Å². The van der Waals surface area contributed by atoms with Crippen LogP contribution in [0.5, 0.6) is 0 Å². The Bertz CT molecular complexity index is 481. The number of aromatic nitrogens is 2. The van der Waals surface area contributed by atoms with Crippen LogP contribution < -0.4 is 11.2 Å². The number of aliphatic hydroxyl groups excluding tert-OH is 1. The van der Waals surface area contributed by atoms with Gasteiger partial charge in [-0.1, -0.05) is 0 Å². The Labute approximate surface area is 89.3 Å². The summed E-state index contributed by atoms with van der Waals surface area (Å²) in [6.07, 6.45) is -1.57. The fraction of sp³-hybridized carbons (Fsp3) is 0.556. The van der Waals surface area contributed by atoms with Crippen LogP contribution in [0.1, 0.15) is 19.1 Å². The van der Waals surface area contributed by atoms with Crippen LogP contribution in [0.25, 0.3) is 0 Å². The van der Waals surface area contributed by atoms with Gasteiger partial charge in [-0.2, -0.15) is 0 Å². The Morgan fingerprint density at radius 3 is 2.88 bits per heavy atom. The average molecular weight is 230 g/mol. The van der Waals surface area contributed by atoms with Gasteiger partial charge in [-0.15, -0.1) is 0 Å². The Morgan fingerprint density at radius 1 is 1.56 bits per heavy atom.